The van der Waals surface area contributed by atoms with Crippen LogP contribution in [0.4, 0.5) is 27.9 Å². The second kappa shape index (κ2) is 8.63. The highest BCUT2D eigenvalue weighted by atomic mass is 19.4. The molecule has 0 aromatic carbocycles. The van der Waals surface area contributed by atoms with E-state index < -0.39 is 30.6 Å². The molecular formula is C18H20F5N5O. The normalized spacial score (nSPS) is 17.1. The zero-order valence-corrected chi connectivity index (χ0v) is 15.8. The lowest BCUT2D eigenvalue weighted by atomic mass is 10.1. The van der Waals surface area contributed by atoms with Crippen LogP contribution in [0.3, 0.4) is 0 Å². The topological polar surface area (TPSA) is 76.5 Å². The number of hydrogen-bond donors (Lipinski definition) is 1. The molecule has 3 rings (SSSR count). The summed E-state index contributed by atoms with van der Waals surface area (Å²) in [5.74, 6) is 0.0917. The van der Waals surface area contributed by atoms with Crippen LogP contribution in [0.2, 0.25) is 0 Å². The summed E-state index contributed by atoms with van der Waals surface area (Å²) < 4.78 is 63.5. The van der Waals surface area contributed by atoms with E-state index in [1.54, 1.807) is 0 Å². The maximum absolute atomic E-state index is 13.9. The molecule has 11 heteroatoms. The highest BCUT2D eigenvalue weighted by Crippen LogP contribution is 2.26. The van der Waals surface area contributed by atoms with Gasteiger partial charge in [0.15, 0.2) is 5.82 Å². The van der Waals surface area contributed by atoms with Crippen molar-refractivity contribution < 1.29 is 26.7 Å². The molecule has 3 heterocycles. The number of hydrogen-bond acceptors (Lipinski definition) is 4. The van der Waals surface area contributed by atoms with E-state index >= 15 is 0 Å². The van der Waals surface area contributed by atoms with Crippen LogP contribution in [0.1, 0.15) is 43.9 Å². The summed E-state index contributed by atoms with van der Waals surface area (Å²) in [5.41, 5.74) is 6.61. The first kappa shape index (κ1) is 22.4. The van der Waals surface area contributed by atoms with Gasteiger partial charge in [-0.05, 0) is 18.8 Å². The van der Waals surface area contributed by atoms with Crippen molar-refractivity contribution in [2.75, 3.05) is 18.8 Å². The van der Waals surface area contributed by atoms with Gasteiger partial charge in [-0.2, -0.15) is 13.2 Å². The van der Waals surface area contributed by atoms with Crippen molar-refractivity contribution in [3.63, 3.8) is 0 Å². The number of carbonyl (C=O) groups excluding carboxylic acids is 1. The minimum Gasteiger partial charge on any atom is -0.367 e. The molecule has 0 saturated carbocycles. The van der Waals surface area contributed by atoms with Gasteiger partial charge in [0.1, 0.15) is 11.7 Å². The van der Waals surface area contributed by atoms with Crippen LogP contribution in [0.15, 0.2) is 6.20 Å². The first-order valence-corrected chi connectivity index (χ1v) is 8.76. The van der Waals surface area contributed by atoms with Crippen LogP contribution < -0.4 is 5.73 Å². The number of terminal acetylenes is 1. The van der Waals surface area contributed by atoms with E-state index in [2.05, 4.69) is 16.0 Å². The monoisotopic (exact) mass is 417 g/mol. The first-order chi connectivity index (χ1) is 13.5. The number of piperidine rings is 1. The van der Waals surface area contributed by atoms with Gasteiger partial charge in [0.05, 0.1) is 24.0 Å². The third-order valence-electron chi connectivity index (χ3n) is 4.26. The summed E-state index contributed by atoms with van der Waals surface area (Å²) in [5, 5.41) is 3.97. The van der Waals surface area contributed by atoms with Crippen molar-refractivity contribution in [2.24, 2.45) is 0 Å². The van der Waals surface area contributed by atoms with Crippen molar-refractivity contribution in [3.8, 4) is 12.3 Å². The number of fused-ring (bicyclic) bond motifs is 1. The van der Waals surface area contributed by atoms with E-state index in [-0.39, 0.29) is 35.9 Å². The SMILES string of the molecule is C#Cc1c(F)c2cnc(N)nn2c1C(C)C.O=C(N1CCCC(F)C1)C(F)(F)F. The van der Waals surface area contributed by atoms with Crippen LogP contribution in [0.25, 0.3) is 5.52 Å². The Kier molecular flexibility index (Phi) is 6.66. The van der Waals surface area contributed by atoms with Crippen LogP contribution in [0, 0.1) is 18.2 Å². The molecule has 2 aromatic heterocycles. The molecule has 1 fully saturated rings. The lowest BCUT2D eigenvalue weighted by Crippen LogP contribution is -2.46. The zero-order chi connectivity index (χ0) is 21.9. The number of nitrogen functional groups attached to an aromatic ring is 1. The molecule has 1 unspecified atom stereocenters. The second-order valence-electron chi connectivity index (χ2n) is 6.78. The van der Waals surface area contributed by atoms with Gasteiger partial charge in [-0.1, -0.05) is 19.8 Å². The van der Waals surface area contributed by atoms with E-state index in [1.165, 1.54) is 10.7 Å². The fraction of sp³-hybridized carbons (Fsp3) is 0.500. The Hall–Kier alpha value is -2.90. The third-order valence-corrected chi connectivity index (χ3v) is 4.26. The minimum absolute atomic E-state index is 0.00123. The summed E-state index contributed by atoms with van der Waals surface area (Å²) in [6, 6.07) is 0. The molecule has 1 aliphatic rings. The van der Waals surface area contributed by atoms with Crippen LogP contribution in [0.5, 0.6) is 0 Å². The fourth-order valence-corrected chi connectivity index (χ4v) is 3.00. The number of alkyl halides is 4. The smallest absolute Gasteiger partial charge is 0.367 e. The number of halogens is 5. The predicted octanol–water partition coefficient (Wildman–Crippen LogP) is 3.06. The number of carbonyl (C=O) groups is 1. The summed E-state index contributed by atoms with van der Waals surface area (Å²) in [6.45, 7) is 3.40. The lowest BCUT2D eigenvalue weighted by molar-refractivity contribution is -0.187. The number of anilines is 1. The average Bonchev–Trinajstić information content (AvgIpc) is 2.92. The van der Waals surface area contributed by atoms with Gasteiger partial charge in [0.2, 0.25) is 5.95 Å². The van der Waals surface area contributed by atoms with Crippen LogP contribution >= 0.6 is 0 Å². The maximum Gasteiger partial charge on any atom is 0.471 e. The summed E-state index contributed by atoms with van der Waals surface area (Å²) in [7, 11) is 0. The molecule has 29 heavy (non-hydrogen) atoms. The van der Waals surface area contributed by atoms with Gasteiger partial charge in [0, 0.05) is 6.54 Å². The number of nitrogens with two attached hydrogens (primary N) is 1. The van der Waals surface area contributed by atoms with Gasteiger partial charge < -0.3 is 10.6 Å². The molecule has 0 radical (unpaired) electrons. The molecule has 0 bridgehead atoms. The highest BCUT2D eigenvalue weighted by molar-refractivity contribution is 5.81. The van der Waals surface area contributed by atoms with Crippen molar-refractivity contribution in [2.45, 2.75) is 45.0 Å². The third kappa shape index (κ3) is 4.93. The Morgan fingerprint density at radius 1 is 1.41 bits per heavy atom. The molecule has 1 aliphatic heterocycles. The highest BCUT2D eigenvalue weighted by Gasteiger charge is 2.43. The van der Waals surface area contributed by atoms with Gasteiger partial charge in [-0.3, -0.25) is 4.79 Å². The van der Waals surface area contributed by atoms with Crippen molar-refractivity contribution in [1.82, 2.24) is 19.5 Å². The first-order valence-electron chi connectivity index (χ1n) is 8.76. The van der Waals surface area contributed by atoms with E-state index in [9.17, 15) is 26.7 Å². The Labute approximate surface area is 163 Å². The Balaban J connectivity index is 0.000000212. The number of amides is 1. The summed E-state index contributed by atoms with van der Waals surface area (Å²) in [6.07, 6.45) is 0.981. The molecule has 1 amide bonds. The van der Waals surface area contributed by atoms with Crippen molar-refractivity contribution in [1.29, 1.82) is 0 Å². The van der Waals surface area contributed by atoms with Gasteiger partial charge in [-0.25, -0.2) is 18.3 Å². The predicted molar refractivity (Wildman–Crippen MR) is 96.1 cm³/mol. The molecule has 2 N–H and O–H groups in total. The van der Waals surface area contributed by atoms with E-state index in [0.29, 0.717) is 17.0 Å². The Morgan fingerprint density at radius 2 is 2.07 bits per heavy atom. The maximum atomic E-state index is 13.9. The van der Waals surface area contributed by atoms with Crippen molar-refractivity contribution >= 4 is 17.4 Å². The fourth-order valence-electron chi connectivity index (χ4n) is 3.00. The minimum atomic E-state index is -4.88. The quantitative estimate of drug-likeness (QED) is 0.572. The molecule has 0 spiro atoms. The molecular weight excluding hydrogens is 397 g/mol. The number of aromatic nitrogens is 3. The Bertz CT molecular complexity index is 931. The number of rotatable bonds is 1. The largest absolute Gasteiger partial charge is 0.471 e. The van der Waals surface area contributed by atoms with Crippen LogP contribution in [-0.2, 0) is 4.79 Å². The summed E-state index contributed by atoms with van der Waals surface area (Å²) in [4.78, 5) is 14.9. The second-order valence-corrected chi connectivity index (χ2v) is 6.78. The van der Waals surface area contributed by atoms with Gasteiger partial charge in [0.25, 0.3) is 0 Å². The molecule has 1 saturated heterocycles. The molecule has 6 nitrogen and oxygen atoms in total. The molecule has 158 valence electrons. The molecule has 2 aromatic rings. The standard InChI is InChI=1S/C11H11FN4.C7H9F4NO/c1-4-7-9(12)8-5-14-11(13)15-16(8)10(7)6(2)3;8-5-2-1-3-12(4-5)6(13)7(9,10)11/h1,5-6H,2-3H3,(H2,13,15);5H,1-4H2. The summed E-state index contributed by atoms with van der Waals surface area (Å²) >= 11 is 0. The number of likely N-dealkylation sites (tertiary alicyclic amines) is 1. The van der Waals surface area contributed by atoms with Crippen molar-refractivity contribution in [3.05, 3.63) is 23.3 Å². The molecule has 0 aliphatic carbocycles. The average molecular weight is 417 g/mol. The van der Waals surface area contributed by atoms with E-state index in [1.807, 2.05) is 13.8 Å². The van der Waals surface area contributed by atoms with Crippen LogP contribution in [-0.4, -0.2) is 50.8 Å². The molecule has 1 atom stereocenters. The lowest BCUT2D eigenvalue weighted by Gasteiger charge is -2.29. The zero-order valence-electron chi connectivity index (χ0n) is 15.8. The number of nitrogens with zero attached hydrogens (tertiary/aromatic N) is 4. The van der Waals surface area contributed by atoms with E-state index in [4.69, 9.17) is 12.2 Å². The van der Waals surface area contributed by atoms with Gasteiger partial charge >= 0.3 is 12.1 Å². The Morgan fingerprint density at radius 3 is 2.59 bits per heavy atom. The van der Waals surface area contributed by atoms with E-state index in [0.717, 1.165) is 0 Å². The van der Waals surface area contributed by atoms with Gasteiger partial charge in [-0.15, -0.1) is 11.5 Å².